The van der Waals surface area contributed by atoms with Gasteiger partial charge in [0.15, 0.2) is 0 Å². The molecule has 0 radical (unpaired) electrons. The van der Waals surface area contributed by atoms with Crippen LogP contribution < -0.4 is 5.73 Å². The molecule has 0 saturated heterocycles. The molecule has 0 rings (SSSR count). The van der Waals surface area contributed by atoms with Crippen LogP contribution in [0, 0.1) is 0 Å². The summed E-state index contributed by atoms with van der Waals surface area (Å²) in [5.74, 6) is 0. The number of hydrogen-bond acceptors (Lipinski definition) is 1. The first-order valence-electron chi connectivity index (χ1n) is 15.0. The van der Waals surface area contributed by atoms with E-state index < -0.39 is 7.38 Å². The molecule has 0 saturated carbocycles. The molecule has 0 fully saturated rings. The lowest BCUT2D eigenvalue weighted by Gasteiger charge is -2.11. The Kier molecular flexibility index (Phi) is 26.5. The zero-order chi connectivity index (χ0) is 23.6. The predicted molar refractivity (Wildman–Crippen MR) is 153 cm³/mol. The summed E-state index contributed by atoms with van der Waals surface area (Å²) < 4.78 is 0. The van der Waals surface area contributed by atoms with Crippen LogP contribution in [0.5, 0.6) is 0 Å². The van der Waals surface area contributed by atoms with Crippen molar-refractivity contribution in [2.24, 2.45) is 5.73 Å². The van der Waals surface area contributed by atoms with E-state index in [1.54, 1.807) is 0 Å². The second-order valence-electron chi connectivity index (χ2n) is 11.1. The highest BCUT2D eigenvalue weighted by Gasteiger charge is 2.15. The summed E-state index contributed by atoms with van der Waals surface area (Å²) in [5.41, 5.74) is 5.53. The first-order chi connectivity index (χ1) is 15.6. The Balaban J connectivity index is 3.02. The van der Waals surface area contributed by atoms with Gasteiger partial charge < -0.3 is 5.73 Å². The molecule has 0 heterocycles. The van der Waals surface area contributed by atoms with E-state index in [-0.39, 0.29) is 0 Å². The van der Waals surface area contributed by atoms with E-state index in [2.05, 4.69) is 13.1 Å². The minimum atomic E-state index is -1.31. The summed E-state index contributed by atoms with van der Waals surface area (Å²) in [6.07, 6.45) is 36.0. The third-order valence-electron chi connectivity index (χ3n) is 6.98. The van der Waals surface area contributed by atoms with Gasteiger partial charge >= 0.3 is 0 Å². The molecule has 0 atom stereocenters. The van der Waals surface area contributed by atoms with Crippen molar-refractivity contribution in [3.05, 3.63) is 0 Å². The van der Waals surface area contributed by atoms with Crippen LogP contribution in [0.3, 0.4) is 0 Å². The summed E-state index contributed by atoms with van der Waals surface area (Å²) >= 11 is 6.38. The number of hydrogen-bond donors (Lipinski definition) is 1. The highest BCUT2D eigenvalue weighted by molar-refractivity contribution is 7.19. The molecule has 194 valence electrons. The molecule has 0 aromatic heterocycles. The Bertz CT molecular complexity index is 343. The molecule has 0 spiro atoms. The Hall–Kier alpha value is 0.467. The van der Waals surface area contributed by atoms with E-state index in [0.717, 1.165) is 6.54 Å². The van der Waals surface area contributed by atoms with Crippen LogP contribution in [-0.2, 0) is 0 Å². The zero-order valence-corrected chi connectivity index (χ0v) is 24.3. The second kappa shape index (κ2) is 26.1. The van der Waals surface area contributed by atoms with E-state index in [1.165, 1.54) is 167 Å². The summed E-state index contributed by atoms with van der Waals surface area (Å²) in [6.45, 7) is 5.41. The van der Waals surface area contributed by atoms with Gasteiger partial charge in [-0.3, -0.25) is 0 Å². The quantitative estimate of drug-likeness (QED) is 0.0695. The van der Waals surface area contributed by atoms with E-state index in [0.29, 0.717) is 0 Å². The molecule has 0 aromatic rings. The number of unbranched alkanes of at least 4 members (excludes halogenated alkanes) is 24. The lowest BCUT2D eigenvalue weighted by atomic mass is 10.0. The molecule has 1 nitrogen and oxygen atoms in total. The molecule has 0 unspecified atom stereocenters. The summed E-state index contributed by atoms with van der Waals surface area (Å²) in [4.78, 5) is 0. The molecular formula is C29H62ClNSi. The summed E-state index contributed by atoms with van der Waals surface area (Å²) in [7, 11) is -1.31. The van der Waals surface area contributed by atoms with Crippen molar-refractivity contribution in [2.75, 3.05) is 6.54 Å². The molecule has 0 amide bonds. The average molecular weight is 488 g/mol. The first-order valence-corrected chi connectivity index (χ1v) is 19.2. The summed E-state index contributed by atoms with van der Waals surface area (Å²) in [6, 6.07) is 1.30. The van der Waals surface area contributed by atoms with Crippen LogP contribution in [0.25, 0.3) is 0 Å². The van der Waals surface area contributed by atoms with Gasteiger partial charge in [0.1, 0.15) is 7.38 Å². The third-order valence-corrected chi connectivity index (χ3v) is 9.08. The van der Waals surface area contributed by atoms with E-state index >= 15 is 0 Å². The molecule has 0 bridgehead atoms. The van der Waals surface area contributed by atoms with Crippen LogP contribution in [0.4, 0.5) is 0 Å². The van der Waals surface area contributed by atoms with Crippen LogP contribution >= 0.6 is 11.1 Å². The topological polar surface area (TPSA) is 26.0 Å². The SMILES string of the molecule is C[Si](C)(Cl)CCCCCCCCCCCCCCCCCCCCCCCCCCCN. The largest absolute Gasteiger partial charge is 0.330 e. The second-order valence-corrected chi connectivity index (χ2v) is 18.1. The fourth-order valence-electron chi connectivity index (χ4n) is 4.76. The Morgan fingerprint density at radius 3 is 0.750 bits per heavy atom. The van der Waals surface area contributed by atoms with Crippen molar-refractivity contribution in [1.29, 1.82) is 0 Å². The molecule has 32 heavy (non-hydrogen) atoms. The maximum absolute atomic E-state index is 6.38. The van der Waals surface area contributed by atoms with Crippen LogP contribution in [-0.4, -0.2) is 13.9 Å². The fourth-order valence-corrected chi connectivity index (χ4v) is 6.25. The van der Waals surface area contributed by atoms with Gasteiger partial charge in [-0.05, 0) is 19.0 Å². The number of halogens is 1. The van der Waals surface area contributed by atoms with Gasteiger partial charge in [0.05, 0.1) is 0 Å². The molecule has 3 heteroatoms. The smallest absolute Gasteiger partial charge is 0.150 e. The fraction of sp³-hybridized carbons (Fsp3) is 1.00. The summed E-state index contributed by atoms with van der Waals surface area (Å²) in [5, 5.41) is 0. The van der Waals surface area contributed by atoms with E-state index in [4.69, 9.17) is 16.8 Å². The standard InChI is InChI=1S/C29H62ClNSi/c1-32(2,30)29-27-25-23-21-19-17-15-13-11-9-7-5-3-4-6-8-10-12-14-16-18-20-22-24-26-28-31/h3-29,31H2,1-2H3. The van der Waals surface area contributed by atoms with Gasteiger partial charge in [-0.25, -0.2) is 0 Å². The monoisotopic (exact) mass is 487 g/mol. The first kappa shape index (κ1) is 32.5. The Morgan fingerprint density at radius 2 is 0.562 bits per heavy atom. The highest BCUT2D eigenvalue weighted by Crippen LogP contribution is 2.20. The lowest BCUT2D eigenvalue weighted by Crippen LogP contribution is -2.14. The van der Waals surface area contributed by atoms with Crippen LogP contribution in [0.1, 0.15) is 161 Å². The number of rotatable bonds is 27. The molecular weight excluding hydrogens is 426 g/mol. The zero-order valence-electron chi connectivity index (χ0n) is 22.5. The van der Waals surface area contributed by atoms with Crippen molar-refractivity contribution < 1.29 is 0 Å². The average Bonchev–Trinajstić information content (AvgIpc) is 2.75. The molecule has 2 N–H and O–H groups in total. The Morgan fingerprint density at radius 1 is 0.375 bits per heavy atom. The van der Waals surface area contributed by atoms with Crippen molar-refractivity contribution >= 4 is 18.5 Å². The molecule has 0 aromatic carbocycles. The predicted octanol–water partition coefficient (Wildman–Crippen LogP) is 11.1. The van der Waals surface area contributed by atoms with Crippen molar-refractivity contribution in [3.63, 3.8) is 0 Å². The number of nitrogens with two attached hydrogens (primary N) is 1. The molecule has 0 aliphatic rings. The van der Waals surface area contributed by atoms with Gasteiger partial charge in [0.2, 0.25) is 0 Å². The third kappa shape index (κ3) is 30.5. The van der Waals surface area contributed by atoms with Gasteiger partial charge in [-0.1, -0.05) is 167 Å². The van der Waals surface area contributed by atoms with Gasteiger partial charge in [-0.2, -0.15) is 11.1 Å². The van der Waals surface area contributed by atoms with Gasteiger partial charge in [0.25, 0.3) is 0 Å². The van der Waals surface area contributed by atoms with Crippen molar-refractivity contribution in [1.82, 2.24) is 0 Å². The maximum Gasteiger partial charge on any atom is 0.150 e. The van der Waals surface area contributed by atoms with Crippen LogP contribution in [0.2, 0.25) is 19.1 Å². The van der Waals surface area contributed by atoms with Gasteiger partial charge in [0, 0.05) is 0 Å². The van der Waals surface area contributed by atoms with E-state index in [9.17, 15) is 0 Å². The maximum atomic E-state index is 6.38. The minimum absolute atomic E-state index is 0.872. The van der Waals surface area contributed by atoms with Crippen molar-refractivity contribution in [2.45, 2.75) is 180 Å². The minimum Gasteiger partial charge on any atom is -0.330 e. The molecule has 0 aliphatic heterocycles. The van der Waals surface area contributed by atoms with Crippen molar-refractivity contribution in [3.8, 4) is 0 Å². The Labute approximate surface area is 210 Å². The normalized spacial score (nSPS) is 12.0. The highest BCUT2D eigenvalue weighted by atomic mass is 35.6. The lowest BCUT2D eigenvalue weighted by molar-refractivity contribution is 0.516. The van der Waals surface area contributed by atoms with E-state index in [1.807, 2.05) is 0 Å². The van der Waals surface area contributed by atoms with Gasteiger partial charge in [-0.15, -0.1) is 0 Å². The van der Waals surface area contributed by atoms with Crippen LogP contribution in [0.15, 0.2) is 0 Å². The molecule has 0 aliphatic carbocycles.